The molecule has 0 amide bonds. The third-order valence-electron chi connectivity index (χ3n) is 2.39. The van der Waals surface area contributed by atoms with Gasteiger partial charge >= 0.3 is 5.97 Å². The molecule has 18 heavy (non-hydrogen) atoms. The van der Waals surface area contributed by atoms with E-state index >= 15 is 0 Å². The van der Waals surface area contributed by atoms with Gasteiger partial charge in [0, 0.05) is 0 Å². The second-order valence-electron chi connectivity index (χ2n) is 3.67. The summed E-state index contributed by atoms with van der Waals surface area (Å²) in [4.78, 5) is 12.1. The molecule has 0 bridgehead atoms. The highest BCUT2D eigenvalue weighted by atomic mass is 32.2. The van der Waals surface area contributed by atoms with Gasteiger partial charge in [0.1, 0.15) is 10.7 Å². The van der Waals surface area contributed by atoms with Crippen molar-refractivity contribution in [1.82, 2.24) is 0 Å². The highest BCUT2D eigenvalue weighted by Crippen LogP contribution is 2.48. The largest absolute Gasteiger partial charge is 0.510 e. The predicted molar refractivity (Wildman–Crippen MR) is 75.5 cm³/mol. The molecule has 96 valence electrons. The fraction of sp³-hybridized carbons (Fsp3) is 0.308. The lowest BCUT2D eigenvalue weighted by atomic mass is 10.2. The Kier molecular flexibility index (Phi) is 4.60. The summed E-state index contributed by atoms with van der Waals surface area (Å²) < 4.78 is 5.08. The Balaban J connectivity index is 2.15. The maximum atomic E-state index is 11.7. The van der Waals surface area contributed by atoms with Crippen LogP contribution in [0.5, 0.6) is 0 Å². The van der Waals surface area contributed by atoms with Crippen LogP contribution in [0.3, 0.4) is 0 Å². The Hall–Kier alpha value is -1.07. The van der Waals surface area contributed by atoms with Crippen LogP contribution in [0.2, 0.25) is 0 Å². The molecule has 1 aromatic carbocycles. The summed E-state index contributed by atoms with van der Waals surface area (Å²) >= 11 is 2.97. The van der Waals surface area contributed by atoms with Gasteiger partial charge in [-0.25, -0.2) is 4.79 Å². The molecule has 0 saturated carbocycles. The van der Waals surface area contributed by atoms with E-state index in [1.54, 1.807) is 18.7 Å². The fourth-order valence-corrected chi connectivity index (χ4v) is 4.10. The molecule has 0 aromatic heterocycles. The molecule has 0 spiro atoms. The standard InChI is InChI=1S/C13H14O3S2/c1-2-16-12(15)11-10(14)8-17-13(18-11)9-6-4-3-5-7-9/h3-7,13-14H,2,8H2,1H3. The molecular formula is C13H14O3S2. The Bertz CT molecular complexity index is 457. The van der Waals surface area contributed by atoms with E-state index < -0.39 is 5.97 Å². The van der Waals surface area contributed by atoms with Crippen LogP contribution in [0.4, 0.5) is 0 Å². The van der Waals surface area contributed by atoms with Crippen LogP contribution in [0.25, 0.3) is 0 Å². The van der Waals surface area contributed by atoms with Gasteiger partial charge in [0.2, 0.25) is 0 Å². The first kappa shape index (κ1) is 13.4. The average Bonchev–Trinajstić information content (AvgIpc) is 2.40. The van der Waals surface area contributed by atoms with Gasteiger partial charge in [0.25, 0.3) is 0 Å². The molecule has 1 aromatic rings. The van der Waals surface area contributed by atoms with Gasteiger partial charge in [-0.15, -0.1) is 11.8 Å². The summed E-state index contributed by atoms with van der Waals surface area (Å²) in [5.41, 5.74) is 1.14. The third kappa shape index (κ3) is 3.03. The van der Waals surface area contributed by atoms with Gasteiger partial charge in [-0.1, -0.05) is 42.1 Å². The number of esters is 1. The summed E-state index contributed by atoms with van der Waals surface area (Å²) in [6.45, 7) is 2.08. The van der Waals surface area contributed by atoms with Crippen LogP contribution in [-0.4, -0.2) is 23.4 Å². The number of thioether (sulfide) groups is 2. The number of aliphatic hydroxyl groups excluding tert-OH is 1. The first-order valence-corrected chi connectivity index (χ1v) is 7.57. The van der Waals surface area contributed by atoms with Gasteiger partial charge < -0.3 is 9.84 Å². The average molecular weight is 282 g/mol. The first-order valence-electron chi connectivity index (χ1n) is 5.64. The number of carbonyl (C=O) groups is 1. The topological polar surface area (TPSA) is 46.5 Å². The molecule has 0 fully saturated rings. The number of hydrogen-bond donors (Lipinski definition) is 1. The molecule has 5 heteroatoms. The summed E-state index contributed by atoms with van der Waals surface area (Å²) in [7, 11) is 0. The second kappa shape index (κ2) is 6.20. The van der Waals surface area contributed by atoms with Crippen LogP contribution in [-0.2, 0) is 9.53 Å². The molecule has 0 saturated heterocycles. The third-order valence-corrected chi connectivity index (χ3v) is 5.23. The Labute approximate surface area is 115 Å². The molecule has 1 aliphatic rings. The molecule has 1 heterocycles. The molecular weight excluding hydrogens is 268 g/mol. The SMILES string of the molecule is CCOC(=O)C1=C(O)CSC(c2ccccc2)S1. The van der Waals surface area contributed by atoms with E-state index in [2.05, 4.69) is 0 Å². The molecule has 0 aliphatic carbocycles. The number of ether oxygens (including phenoxy) is 1. The van der Waals surface area contributed by atoms with E-state index in [9.17, 15) is 9.90 Å². The normalized spacial score (nSPS) is 19.7. The number of carbonyl (C=O) groups excluding carboxylic acids is 1. The van der Waals surface area contributed by atoms with Crippen molar-refractivity contribution in [2.45, 2.75) is 11.5 Å². The van der Waals surface area contributed by atoms with Gasteiger partial charge in [0.05, 0.1) is 16.9 Å². The highest BCUT2D eigenvalue weighted by Gasteiger charge is 2.28. The van der Waals surface area contributed by atoms with Crippen molar-refractivity contribution in [3.8, 4) is 0 Å². The van der Waals surface area contributed by atoms with Crippen LogP contribution >= 0.6 is 23.5 Å². The van der Waals surface area contributed by atoms with Crippen molar-refractivity contribution < 1.29 is 14.6 Å². The molecule has 1 unspecified atom stereocenters. The lowest BCUT2D eigenvalue weighted by molar-refractivity contribution is -0.137. The molecule has 3 nitrogen and oxygen atoms in total. The van der Waals surface area contributed by atoms with Crippen molar-refractivity contribution in [3.05, 3.63) is 46.6 Å². The monoisotopic (exact) mass is 282 g/mol. The maximum absolute atomic E-state index is 11.7. The van der Waals surface area contributed by atoms with Crippen LogP contribution < -0.4 is 0 Å². The molecule has 1 atom stereocenters. The number of benzene rings is 1. The highest BCUT2D eigenvalue weighted by molar-refractivity contribution is 8.19. The Morgan fingerprint density at radius 3 is 2.83 bits per heavy atom. The first-order chi connectivity index (χ1) is 8.72. The van der Waals surface area contributed by atoms with Crippen molar-refractivity contribution in [3.63, 3.8) is 0 Å². The zero-order valence-corrected chi connectivity index (χ0v) is 11.6. The predicted octanol–water partition coefficient (Wildman–Crippen LogP) is 3.50. The minimum atomic E-state index is -0.429. The zero-order chi connectivity index (χ0) is 13.0. The van der Waals surface area contributed by atoms with Crippen LogP contribution in [0.1, 0.15) is 17.1 Å². The minimum absolute atomic E-state index is 0.121. The second-order valence-corrected chi connectivity index (χ2v) is 6.17. The summed E-state index contributed by atoms with van der Waals surface area (Å²) in [6.07, 6.45) is 0. The minimum Gasteiger partial charge on any atom is -0.510 e. The lowest BCUT2D eigenvalue weighted by Crippen LogP contribution is -2.13. The number of hydrogen-bond acceptors (Lipinski definition) is 5. The fourth-order valence-electron chi connectivity index (χ4n) is 1.57. The van der Waals surface area contributed by atoms with Gasteiger partial charge in [-0.2, -0.15) is 0 Å². The van der Waals surface area contributed by atoms with E-state index in [1.807, 2.05) is 30.3 Å². The molecule has 2 rings (SSSR count). The number of rotatable bonds is 3. The van der Waals surface area contributed by atoms with E-state index in [1.165, 1.54) is 11.8 Å². The van der Waals surface area contributed by atoms with Gasteiger partial charge in [-0.3, -0.25) is 0 Å². The number of aliphatic hydroxyl groups is 1. The van der Waals surface area contributed by atoms with Gasteiger partial charge in [-0.05, 0) is 12.5 Å². The summed E-state index contributed by atoms with van der Waals surface area (Å²) in [5.74, 6) is 0.137. The van der Waals surface area contributed by atoms with Gasteiger partial charge in [0.15, 0.2) is 0 Å². The van der Waals surface area contributed by atoms with E-state index in [0.717, 1.165) is 5.56 Å². The van der Waals surface area contributed by atoms with Crippen molar-refractivity contribution >= 4 is 29.5 Å². The summed E-state index contributed by atoms with van der Waals surface area (Å²) in [5, 5.41) is 9.77. The zero-order valence-electron chi connectivity index (χ0n) is 9.96. The van der Waals surface area contributed by atoms with E-state index in [0.29, 0.717) is 17.3 Å². The molecule has 0 radical (unpaired) electrons. The Morgan fingerprint density at radius 1 is 1.44 bits per heavy atom. The quantitative estimate of drug-likeness (QED) is 0.860. The van der Waals surface area contributed by atoms with E-state index in [4.69, 9.17) is 4.74 Å². The summed E-state index contributed by atoms with van der Waals surface area (Å²) in [6, 6.07) is 9.95. The van der Waals surface area contributed by atoms with E-state index in [-0.39, 0.29) is 10.3 Å². The molecule has 1 N–H and O–H groups in total. The maximum Gasteiger partial charge on any atom is 0.348 e. The van der Waals surface area contributed by atoms with Crippen molar-refractivity contribution in [2.75, 3.05) is 12.4 Å². The van der Waals surface area contributed by atoms with Crippen LogP contribution in [0, 0.1) is 0 Å². The van der Waals surface area contributed by atoms with Crippen molar-refractivity contribution in [1.29, 1.82) is 0 Å². The lowest BCUT2D eigenvalue weighted by Gasteiger charge is -2.23. The Morgan fingerprint density at radius 2 is 2.17 bits per heavy atom. The molecule has 1 aliphatic heterocycles. The van der Waals surface area contributed by atoms with Crippen molar-refractivity contribution in [2.24, 2.45) is 0 Å². The smallest absolute Gasteiger partial charge is 0.348 e. The van der Waals surface area contributed by atoms with Crippen LogP contribution in [0.15, 0.2) is 41.0 Å².